The Morgan fingerprint density at radius 3 is 2.53 bits per heavy atom. The van der Waals surface area contributed by atoms with Gasteiger partial charge in [-0.3, -0.25) is 0 Å². The molecule has 0 N–H and O–H groups in total. The second kappa shape index (κ2) is 4.29. The predicted octanol–water partition coefficient (Wildman–Crippen LogP) is 6.01. The van der Waals surface area contributed by atoms with Gasteiger partial charge in [-0.1, -0.05) is 19.1 Å². The zero-order chi connectivity index (χ0) is 13.8. The molecule has 0 bridgehead atoms. The summed E-state index contributed by atoms with van der Waals surface area (Å²) in [5.74, 6) is 0.119. The van der Waals surface area contributed by atoms with Crippen molar-refractivity contribution in [3.63, 3.8) is 0 Å². The number of hydrogen-bond donors (Lipinski definition) is 0. The molecule has 2 aliphatic rings. The molecular formula is C14H14BrF3S. The number of allylic oxidation sites excluding steroid dienone is 1. The Labute approximate surface area is 119 Å². The molecule has 1 aliphatic carbocycles. The summed E-state index contributed by atoms with van der Waals surface area (Å²) in [7, 11) is -3.01. The number of hydrogen-bond acceptors (Lipinski definition) is 0. The number of benzene rings is 1. The predicted molar refractivity (Wildman–Crippen MR) is 77.4 cm³/mol. The van der Waals surface area contributed by atoms with E-state index in [-0.39, 0.29) is 5.92 Å². The van der Waals surface area contributed by atoms with Crippen LogP contribution in [0.1, 0.15) is 30.9 Å². The summed E-state index contributed by atoms with van der Waals surface area (Å²) in [5, 5.41) is 0. The Morgan fingerprint density at radius 1 is 1.32 bits per heavy atom. The first kappa shape index (κ1) is 13.6. The van der Waals surface area contributed by atoms with E-state index in [1.165, 1.54) is 0 Å². The number of rotatable bonds is 2. The number of fused-ring (bicyclic) bond motifs is 1. The average molecular weight is 351 g/mol. The summed E-state index contributed by atoms with van der Waals surface area (Å²) in [6.07, 6.45) is 4.40. The minimum absolute atomic E-state index is 0.119. The van der Waals surface area contributed by atoms with E-state index >= 15 is 0 Å². The maximum Gasteiger partial charge on any atom is 0.442 e. The van der Waals surface area contributed by atoms with Crippen LogP contribution >= 0.6 is 23.3 Å². The fourth-order valence-corrected chi connectivity index (χ4v) is 6.93. The molecule has 19 heavy (non-hydrogen) atoms. The van der Waals surface area contributed by atoms with Crippen molar-refractivity contribution in [2.75, 3.05) is 0 Å². The van der Waals surface area contributed by atoms with Crippen LogP contribution in [0.2, 0.25) is 0 Å². The van der Waals surface area contributed by atoms with Gasteiger partial charge in [0.25, 0.3) is 0 Å². The second-order valence-electron chi connectivity index (χ2n) is 5.03. The third-order valence-corrected chi connectivity index (χ3v) is 9.69. The lowest BCUT2D eigenvalue weighted by molar-refractivity contribution is -0.0356. The van der Waals surface area contributed by atoms with Gasteiger partial charge in [0, 0.05) is 4.90 Å². The summed E-state index contributed by atoms with van der Waals surface area (Å²) < 4.78 is 40.8. The fourth-order valence-electron chi connectivity index (χ4n) is 2.52. The van der Waals surface area contributed by atoms with Crippen molar-refractivity contribution in [1.82, 2.24) is 0 Å². The van der Waals surface area contributed by atoms with Gasteiger partial charge in [-0.05, 0) is 76.6 Å². The molecule has 1 aromatic rings. The van der Waals surface area contributed by atoms with E-state index in [0.29, 0.717) is 9.80 Å². The van der Waals surface area contributed by atoms with Gasteiger partial charge in [0.15, 0.2) is 0 Å². The SMILES string of the molecule is CCc1ccc2c(c1)C=C(C1CC1)S2(Br)C(F)(F)F. The van der Waals surface area contributed by atoms with Crippen LogP contribution in [0.15, 0.2) is 28.0 Å². The van der Waals surface area contributed by atoms with E-state index in [2.05, 4.69) is 14.8 Å². The van der Waals surface area contributed by atoms with Gasteiger partial charge in [0.1, 0.15) is 0 Å². The van der Waals surface area contributed by atoms with Gasteiger partial charge in [-0.25, -0.2) is 0 Å². The Hall–Kier alpha value is -0.420. The van der Waals surface area contributed by atoms with Crippen molar-refractivity contribution in [2.24, 2.45) is 5.92 Å². The molecule has 0 aromatic heterocycles. The Balaban J connectivity index is 2.17. The van der Waals surface area contributed by atoms with Gasteiger partial charge in [-0.15, -0.1) is 0 Å². The molecule has 1 atom stereocenters. The molecule has 3 rings (SSSR count). The lowest BCUT2D eigenvalue weighted by atomic mass is 10.1. The zero-order valence-corrected chi connectivity index (χ0v) is 12.8. The minimum atomic E-state index is -4.22. The first-order valence-corrected chi connectivity index (χ1v) is 9.79. The van der Waals surface area contributed by atoms with Crippen LogP contribution in [-0.4, -0.2) is 5.51 Å². The largest absolute Gasteiger partial charge is 0.442 e. The molecule has 1 fully saturated rings. The molecule has 0 spiro atoms. The normalized spacial score (nSPS) is 29.6. The summed E-state index contributed by atoms with van der Waals surface area (Å²) in [5.41, 5.74) is -2.38. The number of halogens is 4. The third kappa shape index (κ3) is 1.97. The Kier molecular flexibility index (Phi) is 3.06. The van der Waals surface area contributed by atoms with E-state index in [0.717, 1.165) is 30.4 Å². The Morgan fingerprint density at radius 2 is 2.00 bits per heavy atom. The lowest BCUT2D eigenvalue weighted by Crippen LogP contribution is -2.16. The molecule has 1 unspecified atom stereocenters. The van der Waals surface area contributed by atoms with Gasteiger partial charge < -0.3 is 0 Å². The molecular weight excluding hydrogens is 337 g/mol. The maximum atomic E-state index is 13.6. The quantitative estimate of drug-likeness (QED) is 0.612. The fraction of sp³-hybridized carbons (Fsp3) is 0.429. The molecule has 1 aliphatic heterocycles. The first-order chi connectivity index (χ1) is 8.88. The first-order valence-electron chi connectivity index (χ1n) is 6.31. The van der Waals surface area contributed by atoms with E-state index in [1.54, 1.807) is 12.1 Å². The highest BCUT2D eigenvalue weighted by atomic mass is 79.9. The topological polar surface area (TPSA) is 0 Å². The van der Waals surface area contributed by atoms with Crippen LogP contribution in [0.25, 0.3) is 6.08 Å². The molecule has 1 heterocycles. The van der Waals surface area contributed by atoms with Crippen molar-refractivity contribution in [3.05, 3.63) is 34.2 Å². The highest BCUT2D eigenvalue weighted by Gasteiger charge is 2.57. The van der Waals surface area contributed by atoms with Gasteiger partial charge in [0.05, 0.1) is 0 Å². The number of alkyl halides is 3. The third-order valence-electron chi connectivity index (χ3n) is 3.71. The van der Waals surface area contributed by atoms with Crippen LogP contribution < -0.4 is 0 Å². The van der Waals surface area contributed by atoms with E-state index in [4.69, 9.17) is 0 Å². The second-order valence-corrected chi connectivity index (χ2v) is 10.4. The van der Waals surface area contributed by atoms with Crippen LogP contribution in [-0.2, 0) is 6.42 Å². The van der Waals surface area contributed by atoms with Crippen LogP contribution in [0, 0.1) is 5.92 Å². The molecule has 1 aromatic carbocycles. The average Bonchev–Trinajstić information content (AvgIpc) is 3.13. The van der Waals surface area contributed by atoms with E-state index in [9.17, 15) is 13.2 Å². The highest BCUT2D eigenvalue weighted by Crippen LogP contribution is 2.83. The number of aryl methyl sites for hydroxylation is 1. The van der Waals surface area contributed by atoms with Crippen molar-refractivity contribution < 1.29 is 13.2 Å². The lowest BCUT2D eigenvalue weighted by Gasteiger charge is -2.35. The molecule has 0 amide bonds. The highest BCUT2D eigenvalue weighted by molar-refractivity contribution is 9.59. The molecule has 5 heteroatoms. The van der Waals surface area contributed by atoms with Crippen LogP contribution in [0.3, 0.4) is 0 Å². The smallest absolute Gasteiger partial charge is 0.160 e. The molecule has 0 nitrogen and oxygen atoms in total. The van der Waals surface area contributed by atoms with Crippen molar-refractivity contribution in [3.8, 4) is 0 Å². The minimum Gasteiger partial charge on any atom is -0.160 e. The van der Waals surface area contributed by atoms with Crippen LogP contribution in [0.4, 0.5) is 13.2 Å². The van der Waals surface area contributed by atoms with Crippen molar-refractivity contribution >= 4 is 29.4 Å². The maximum absolute atomic E-state index is 13.6. The monoisotopic (exact) mass is 350 g/mol. The van der Waals surface area contributed by atoms with Crippen molar-refractivity contribution in [2.45, 2.75) is 36.6 Å². The van der Waals surface area contributed by atoms with Gasteiger partial charge in [-0.2, -0.15) is 13.2 Å². The van der Waals surface area contributed by atoms with Gasteiger partial charge in [0.2, 0.25) is 0 Å². The molecule has 1 saturated carbocycles. The summed E-state index contributed by atoms with van der Waals surface area (Å²) in [6.45, 7) is 2.01. The summed E-state index contributed by atoms with van der Waals surface area (Å²) >= 11 is 3.11. The van der Waals surface area contributed by atoms with Crippen LogP contribution in [0.5, 0.6) is 0 Å². The zero-order valence-electron chi connectivity index (χ0n) is 10.4. The van der Waals surface area contributed by atoms with Crippen molar-refractivity contribution in [1.29, 1.82) is 0 Å². The molecule has 0 radical (unpaired) electrons. The van der Waals surface area contributed by atoms with Gasteiger partial charge >= 0.3 is 5.51 Å². The standard InChI is InChI=1S/C14H14BrF3S/c1-2-9-3-6-12-11(7-9)8-13(10-4-5-10)19(12,15)14(16,17)18/h3,6-8,10H,2,4-5H2,1H3. The summed E-state index contributed by atoms with van der Waals surface area (Å²) in [4.78, 5) is 1.00. The Bertz CT molecular complexity index is 560. The summed E-state index contributed by atoms with van der Waals surface area (Å²) in [6, 6.07) is 5.38. The molecule has 104 valence electrons. The van der Waals surface area contributed by atoms with E-state index in [1.807, 2.05) is 19.1 Å². The van der Waals surface area contributed by atoms with E-state index < -0.39 is 14.0 Å². The molecule has 0 saturated heterocycles.